The predicted octanol–water partition coefficient (Wildman–Crippen LogP) is 2.16. The van der Waals surface area contributed by atoms with Gasteiger partial charge in [0.05, 0.1) is 11.8 Å². The maximum Gasteiger partial charge on any atom is 0.241 e. The molecular weight excluding hydrogens is 278 g/mol. The Hall–Kier alpha value is -2.14. The zero-order valence-electron chi connectivity index (χ0n) is 13.3. The van der Waals surface area contributed by atoms with Gasteiger partial charge >= 0.3 is 0 Å². The van der Waals surface area contributed by atoms with Crippen LogP contribution in [0.25, 0.3) is 0 Å². The smallest absolute Gasteiger partial charge is 0.241 e. The highest BCUT2D eigenvalue weighted by molar-refractivity contribution is 5.75. The highest BCUT2D eigenvalue weighted by Crippen LogP contribution is 2.18. The number of carbonyl (C=O) groups is 1. The molecule has 1 aromatic carbocycles. The summed E-state index contributed by atoms with van der Waals surface area (Å²) in [5.41, 5.74) is 2.91. The second kappa shape index (κ2) is 7.22. The van der Waals surface area contributed by atoms with Gasteiger partial charge in [0.1, 0.15) is 6.54 Å². The summed E-state index contributed by atoms with van der Waals surface area (Å²) in [7, 11) is 0. The number of hydrogen-bond acceptors (Lipinski definition) is 3. The Morgan fingerprint density at radius 3 is 2.41 bits per heavy atom. The zero-order valence-corrected chi connectivity index (χ0v) is 13.3. The van der Waals surface area contributed by atoms with Gasteiger partial charge in [-0.25, -0.2) is 0 Å². The van der Waals surface area contributed by atoms with Gasteiger partial charge in [-0.1, -0.05) is 38.1 Å². The lowest BCUT2D eigenvalue weighted by atomic mass is 10.00. The molecule has 0 radical (unpaired) electrons. The van der Waals surface area contributed by atoms with E-state index in [4.69, 9.17) is 0 Å². The van der Waals surface area contributed by atoms with Gasteiger partial charge in [-0.2, -0.15) is 5.10 Å². The number of aliphatic hydroxyl groups excluding tert-OH is 1. The van der Waals surface area contributed by atoms with Crippen molar-refractivity contribution in [3.8, 4) is 0 Å². The first-order chi connectivity index (χ1) is 10.5. The first kappa shape index (κ1) is 16.2. The summed E-state index contributed by atoms with van der Waals surface area (Å²) < 4.78 is 1.58. The fraction of sp³-hybridized carbons (Fsp3) is 0.412. The standard InChI is InChI=1S/C17H23N3O2/c1-12(2)14-4-6-15(7-5-14)16(21)10-18-17(22)11-20-9-8-13(3)19-20/h4-9,12,16,21H,10-11H2,1-3H3,(H,18,22). The molecule has 0 saturated carbocycles. The van der Waals surface area contributed by atoms with E-state index in [-0.39, 0.29) is 19.0 Å². The molecule has 0 aliphatic heterocycles. The third-order valence-corrected chi connectivity index (χ3v) is 3.56. The Bertz CT molecular complexity index is 617. The number of hydrogen-bond donors (Lipinski definition) is 2. The monoisotopic (exact) mass is 301 g/mol. The van der Waals surface area contributed by atoms with Gasteiger partial charge in [-0.3, -0.25) is 9.48 Å². The molecule has 2 aromatic rings. The number of nitrogens with zero attached hydrogens (tertiary/aromatic N) is 2. The highest BCUT2D eigenvalue weighted by atomic mass is 16.3. The van der Waals surface area contributed by atoms with E-state index in [0.29, 0.717) is 5.92 Å². The minimum atomic E-state index is -0.704. The molecule has 0 aliphatic carbocycles. The molecule has 1 atom stereocenters. The second-order valence-electron chi connectivity index (χ2n) is 5.80. The number of aromatic nitrogens is 2. The Balaban J connectivity index is 1.83. The molecular formula is C17H23N3O2. The number of carbonyl (C=O) groups excluding carboxylic acids is 1. The first-order valence-electron chi connectivity index (χ1n) is 7.50. The van der Waals surface area contributed by atoms with Crippen molar-refractivity contribution in [2.75, 3.05) is 6.54 Å². The molecule has 22 heavy (non-hydrogen) atoms. The van der Waals surface area contributed by atoms with Crippen LogP contribution in [0.1, 0.15) is 42.7 Å². The summed E-state index contributed by atoms with van der Waals surface area (Å²) in [5, 5.41) is 17.0. The normalized spacial score (nSPS) is 12.4. The van der Waals surface area contributed by atoms with E-state index in [1.807, 2.05) is 37.3 Å². The van der Waals surface area contributed by atoms with Crippen LogP contribution in [-0.4, -0.2) is 27.3 Å². The Morgan fingerprint density at radius 1 is 1.23 bits per heavy atom. The van der Waals surface area contributed by atoms with Gasteiger partial charge in [-0.15, -0.1) is 0 Å². The van der Waals surface area contributed by atoms with Crippen molar-refractivity contribution in [1.29, 1.82) is 0 Å². The molecule has 118 valence electrons. The molecule has 0 spiro atoms. The van der Waals surface area contributed by atoms with Crippen LogP contribution in [0.4, 0.5) is 0 Å². The molecule has 5 nitrogen and oxygen atoms in total. The quantitative estimate of drug-likeness (QED) is 0.859. The van der Waals surface area contributed by atoms with Crippen LogP contribution in [0.15, 0.2) is 36.5 Å². The van der Waals surface area contributed by atoms with Gasteiger partial charge in [0.15, 0.2) is 0 Å². The number of aryl methyl sites for hydroxylation is 1. The Morgan fingerprint density at radius 2 is 1.86 bits per heavy atom. The SMILES string of the molecule is Cc1ccn(CC(=O)NCC(O)c2ccc(C(C)C)cc2)n1. The molecule has 1 amide bonds. The van der Waals surface area contributed by atoms with Crippen LogP contribution in [0.3, 0.4) is 0 Å². The number of nitrogens with one attached hydrogen (secondary N) is 1. The van der Waals surface area contributed by atoms with E-state index in [1.54, 1.807) is 10.9 Å². The van der Waals surface area contributed by atoms with E-state index in [0.717, 1.165) is 11.3 Å². The highest BCUT2D eigenvalue weighted by Gasteiger charge is 2.10. The number of aliphatic hydroxyl groups is 1. The van der Waals surface area contributed by atoms with Crippen LogP contribution >= 0.6 is 0 Å². The average Bonchev–Trinajstić information content (AvgIpc) is 2.90. The van der Waals surface area contributed by atoms with E-state index in [9.17, 15) is 9.90 Å². The predicted molar refractivity (Wildman–Crippen MR) is 85.5 cm³/mol. The Labute approximate surface area is 131 Å². The minimum absolute atomic E-state index is 0.160. The van der Waals surface area contributed by atoms with Crippen LogP contribution in [0, 0.1) is 6.92 Å². The van der Waals surface area contributed by atoms with Crippen molar-refractivity contribution in [3.63, 3.8) is 0 Å². The van der Waals surface area contributed by atoms with E-state index >= 15 is 0 Å². The van der Waals surface area contributed by atoms with Crippen molar-refractivity contribution < 1.29 is 9.90 Å². The molecule has 1 heterocycles. The number of benzene rings is 1. The topological polar surface area (TPSA) is 67.2 Å². The summed E-state index contributed by atoms with van der Waals surface area (Å²) >= 11 is 0. The van der Waals surface area contributed by atoms with Crippen LogP contribution in [0.5, 0.6) is 0 Å². The van der Waals surface area contributed by atoms with E-state index in [2.05, 4.69) is 24.3 Å². The lowest BCUT2D eigenvalue weighted by Gasteiger charge is -2.14. The van der Waals surface area contributed by atoms with Gasteiger partial charge in [-0.05, 0) is 30.0 Å². The maximum atomic E-state index is 11.8. The molecule has 0 bridgehead atoms. The maximum absolute atomic E-state index is 11.8. The van der Waals surface area contributed by atoms with Gasteiger partial charge in [0.25, 0.3) is 0 Å². The molecule has 5 heteroatoms. The molecule has 1 aromatic heterocycles. The van der Waals surface area contributed by atoms with Crippen LogP contribution in [-0.2, 0) is 11.3 Å². The van der Waals surface area contributed by atoms with Gasteiger partial charge in [0, 0.05) is 12.7 Å². The average molecular weight is 301 g/mol. The first-order valence-corrected chi connectivity index (χ1v) is 7.50. The zero-order chi connectivity index (χ0) is 16.1. The van der Waals surface area contributed by atoms with Gasteiger partial charge < -0.3 is 10.4 Å². The minimum Gasteiger partial charge on any atom is -0.387 e. The Kier molecular flexibility index (Phi) is 5.33. The third-order valence-electron chi connectivity index (χ3n) is 3.56. The summed E-state index contributed by atoms with van der Waals surface area (Å²) in [6, 6.07) is 9.68. The molecule has 2 rings (SSSR count). The van der Waals surface area contributed by atoms with E-state index < -0.39 is 6.10 Å². The lowest BCUT2D eigenvalue weighted by Crippen LogP contribution is -2.31. The number of rotatable bonds is 6. The van der Waals surface area contributed by atoms with Crippen molar-refractivity contribution >= 4 is 5.91 Å². The third kappa shape index (κ3) is 4.43. The van der Waals surface area contributed by atoms with Crippen molar-refractivity contribution in [2.45, 2.75) is 39.3 Å². The summed E-state index contributed by atoms with van der Waals surface area (Å²) in [6.07, 6.45) is 1.06. The molecule has 1 unspecified atom stereocenters. The van der Waals surface area contributed by atoms with Crippen LogP contribution in [0.2, 0.25) is 0 Å². The fourth-order valence-corrected chi connectivity index (χ4v) is 2.19. The van der Waals surface area contributed by atoms with Gasteiger partial charge in [0.2, 0.25) is 5.91 Å². The molecule has 0 aliphatic rings. The molecule has 2 N–H and O–H groups in total. The molecule has 0 saturated heterocycles. The summed E-state index contributed by atoms with van der Waals surface area (Å²) in [4.78, 5) is 11.8. The second-order valence-corrected chi connectivity index (χ2v) is 5.80. The van der Waals surface area contributed by atoms with Crippen molar-refractivity contribution in [1.82, 2.24) is 15.1 Å². The summed E-state index contributed by atoms with van der Waals surface area (Å²) in [6.45, 7) is 6.48. The molecule has 0 fully saturated rings. The van der Waals surface area contributed by atoms with Crippen molar-refractivity contribution in [2.24, 2.45) is 0 Å². The largest absolute Gasteiger partial charge is 0.387 e. The summed E-state index contributed by atoms with van der Waals surface area (Å²) in [5.74, 6) is 0.296. The fourth-order valence-electron chi connectivity index (χ4n) is 2.19. The van der Waals surface area contributed by atoms with Crippen molar-refractivity contribution in [3.05, 3.63) is 53.3 Å². The number of amides is 1. The lowest BCUT2D eigenvalue weighted by molar-refractivity contribution is -0.122. The van der Waals surface area contributed by atoms with E-state index in [1.165, 1.54) is 5.56 Å². The van der Waals surface area contributed by atoms with Crippen LogP contribution < -0.4 is 5.32 Å².